The van der Waals surface area contributed by atoms with Gasteiger partial charge in [-0.3, -0.25) is 0 Å². The van der Waals surface area contributed by atoms with Gasteiger partial charge in [-0.25, -0.2) is 4.98 Å². The van der Waals surface area contributed by atoms with E-state index in [1.54, 1.807) is 7.11 Å². The van der Waals surface area contributed by atoms with Crippen LogP contribution >= 0.6 is 0 Å². The first-order valence-corrected chi connectivity index (χ1v) is 7.43. The lowest BCUT2D eigenvalue weighted by molar-refractivity contribution is 0.415. The van der Waals surface area contributed by atoms with Crippen molar-refractivity contribution < 1.29 is 9.15 Å². The number of fused-ring (bicyclic) bond motifs is 2. The van der Waals surface area contributed by atoms with Crippen LogP contribution in [-0.4, -0.2) is 12.1 Å². The molecule has 23 heavy (non-hydrogen) atoms. The van der Waals surface area contributed by atoms with E-state index in [9.17, 15) is 0 Å². The molecule has 0 saturated heterocycles. The molecule has 0 N–H and O–H groups in total. The lowest BCUT2D eigenvalue weighted by atomic mass is 10.1. The summed E-state index contributed by atoms with van der Waals surface area (Å²) in [5.74, 6) is 1.48. The minimum Gasteiger partial charge on any atom is -0.497 e. The third kappa shape index (κ3) is 2.69. The van der Waals surface area contributed by atoms with E-state index >= 15 is 0 Å². The van der Waals surface area contributed by atoms with Crippen molar-refractivity contribution in [1.82, 2.24) is 4.98 Å². The third-order valence-electron chi connectivity index (χ3n) is 3.80. The van der Waals surface area contributed by atoms with Crippen molar-refractivity contribution in [1.29, 1.82) is 0 Å². The van der Waals surface area contributed by atoms with Gasteiger partial charge in [0.1, 0.15) is 11.3 Å². The summed E-state index contributed by atoms with van der Waals surface area (Å²) in [5, 5.41) is 2.33. The maximum Gasteiger partial charge on any atom is 0.220 e. The maximum absolute atomic E-state index is 5.69. The summed E-state index contributed by atoms with van der Waals surface area (Å²) >= 11 is 0. The van der Waals surface area contributed by atoms with E-state index in [-0.39, 0.29) is 0 Å². The average molecular weight is 301 g/mol. The standard InChI is InChI=1S/C20H15NO2/c1-22-17-10-9-15-12-14(6-8-16(15)13-17)7-11-20-21-18-4-2-3-5-19(18)23-20/h2-13H,1H3/b11-7+. The summed E-state index contributed by atoms with van der Waals surface area (Å²) in [5.41, 5.74) is 2.78. The molecule has 0 aliphatic carbocycles. The lowest BCUT2D eigenvalue weighted by Gasteiger charge is -2.03. The van der Waals surface area contributed by atoms with Crippen LogP contribution in [0.2, 0.25) is 0 Å². The van der Waals surface area contributed by atoms with Crippen molar-refractivity contribution in [3.8, 4) is 5.75 Å². The van der Waals surface area contributed by atoms with Crippen molar-refractivity contribution in [3.63, 3.8) is 0 Å². The monoisotopic (exact) mass is 301 g/mol. The molecule has 0 bridgehead atoms. The van der Waals surface area contributed by atoms with Gasteiger partial charge < -0.3 is 9.15 Å². The Morgan fingerprint density at radius 3 is 2.61 bits per heavy atom. The topological polar surface area (TPSA) is 35.3 Å². The summed E-state index contributed by atoms with van der Waals surface area (Å²) in [6.07, 6.45) is 3.90. The highest BCUT2D eigenvalue weighted by Crippen LogP contribution is 2.23. The van der Waals surface area contributed by atoms with Gasteiger partial charge in [-0.2, -0.15) is 0 Å². The third-order valence-corrected chi connectivity index (χ3v) is 3.80. The van der Waals surface area contributed by atoms with Crippen LogP contribution in [-0.2, 0) is 0 Å². The van der Waals surface area contributed by atoms with Crippen molar-refractivity contribution in [2.45, 2.75) is 0 Å². The van der Waals surface area contributed by atoms with Gasteiger partial charge in [0.05, 0.1) is 7.11 Å². The Morgan fingerprint density at radius 2 is 1.74 bits per heavy atom. The molecule has 0 aliphatic rings. The summed E-state index contributed by atoms with van der Waals surface area (Å²) in [6, 6.07) is 20.1. The summed E-state index contributed by atoms with van der Waals surface area (Å²) in [4.78, 5) is 4.44. The number of aromatic nitrogens is 1. The minimum atomic E-state index is 0.612. The molecule has 0 fully saturated rings. The Hall–Kier alpha value is -3.07. The Labute approximate surface area is 133 Å². The fraction of sp³-hybridized carbons (Fsp3) is 0.0500. The SMILES string of the molecule is COc1ccc2cc(/C=C/c3nc4ccccc4o3)ccc2c1. The second-order valence-electron chi connectivity index (χ2n) is 5.33. The molecule has 0 aliphatic heterocycles. The van der Waals surface area contributed by atoms with E-state index in [0.717, 1.165) is 27.8 Å². The molecule has 4 aromatic rings. The molecule has 3 aromatic carbocycles. The number of methoxy groups -OCH3 is 1. The van der Waals surface area contributed by atoms with Crippen molar-refractivity contribution in [3.05, 3.63) is 72.1 Å². The zero-order chi connectivity index (χ0) is 15.6. The van der Waals surface area contributed by atoms with Crippen molar-refractivity contribution >= 4 is 34.0 Å². The summed E-state index contributed by atoms with van der Waals surface area (Å²) < 4.78 is 10.9. The van der Waals surface area contributed by atoms with Gasteiger partial charge in [0, 0.05) is 6.08 Å². The Bertz CT molecular complexity index is 981. The highest BCUT2D eigenvalue weighted by atomic mass is 16.5. The lowest BCUT2D eigenvalue weighted by Crippen LogP contribution is -1.82. The molecule has 0 atom stereocenters. The van der Waals surface area contributed by atoms with Gasteiger partial charge in [-0.15, -0.1) is 0 Å². The van der Waals surface area contributed by atoms with Crippen LogP contribution < -0.4 is 4.74 Å². The van der Waals surface area contributed by atoms with Crippen molar-refractivity contribution in [2.75, 3.05) is 7.11 Å². The van der Waals surface area contributed by atoms with Gasteiger partial charge >= 0.3 is 0 Å². The quantitative estimate of drug-likeness (QED) is 0.524. The van der Waals surface area contributed by atoms with Gasteiger partial charge in [-0.1, -0.05) is 30.3 Å². The van der Waals surface area contributed by atoms with Crippen LogP contribution in [0.5, 0.6) is 5.75 Å². The van der Waals surface area contributed by atoms with Crippen LogP contribution in [0.15, 0.2) is 65.1 Å². The molecule has 3 nitrogen and oxygen atoms in total. The first kappa shape index (κ1) is 13.6. The Kier molecular flexibility index (Phi) is 3.31. The van der Waals surface area contributed by atoms with Crippen molar-refractivity contribution in [2.24, 2.45) is 0 Å². The summed E-state index contributed by atoms with van der Waals surface area (Å²) in [7, 11) is 1.68. The highest BCUT2D eigenvalue weighted by Gasteiger charge is 2.01. The predicted octanol–water partition coefficient (Wildman–Crippen LogP) is 5.16. The first-order valence-electron chi connectivity index (χ1n) is 7.43. The van der Waals surface area contributed by atoms with Gasteiger partial charge in [0.2, 0.25) is 5.89 Å². The van der Waals surface area contributed by atoms with Gasteiger partial charge in [0.15, 0.2) is 5.58 Å². The zero-order valence-corrected chi connectivity index (χ0v) is 12.7. The van der Waals surface area contributed by atoms with Crippen LogP contribution in [0, 0.1) is 0 Å². The predicted molar refractivity (Wildman–Crippen MR) is 93.4 cm³/mol. The molecule has 112 valence electrons. The molecule has 3 heteroatoms. The number of ether oxygens (including phenoxy) is 1. The zero-order valence-electron chi connectivity index (χ0n) is 12.7. The Balaban J connectivity index is 1.66. The number of benzene rings is 3. The number of hydrogen-bond donors (Lipinski definition) is 0. The maximum atomic E-state index is 5.69. The van der Waals surface area contributed by atoms with Crippen LogP contribution in [0.25, 0.3) is 34.0 Å². The van der Waals surface area contributed by atoms with E-state index in [1.165, 1.54) is 5.39 Å². The molecule has 0 unspecified atom stereocenters. The fourth-order valence-corrected chi connectivity index (χ4v) is 2.60. The van der Waals surface area contributed by atoms with Crippen LogP contribution in [0.4, 0.5) is 0 Å². The van der Waals surface area contributed by atoms with E-state index in [4.69, 9.17) is 9.15 Å². The number of rotatable bonds is 3. The normalized spacial score (nSPS) is 11.5. The second-order valence-corrected chi connectivity index (χ2v) is 5.33. The highest BCUT2D eigenvalue weighted by molar-refractivity contribution is 5.87. The molecule has 0 amide bonds. The first-order chi connectivity index (χ1) is 11.3. The van der Waals surface area contributed by atoms with Crippen LogP contribution in [0.3, 0.4) is 0 Å². The van der Waals surface area contributed by atoms with E-state index in [0.29, 0.717) is 5.89 Å². The number of para-hydroxylation sites is 2. The van der Waals surface area contributed by atoms with E-state index < -0.39 is 0 Å². The molecular formula is C20H15NO2. The number of hydrogen-bond acceptors (Lipinski definition) is 3. The smallest absolute Gasteiger partial charge is 0.220 e. The van der Waals surface area contributed by atoms with Gasteiger partial charge in [0.25, 0.3) is 0 Å². The number of oxazole rings is 1. The summed E-state index contributed by atoms with van der Waals surface area (Å²) in [6.45, 7) is 0. The molecule has 4 rings (SSSR count). The fourth-order valence-electron chi connectivity index (χ4n) is 2.60. The molecule has 0 saturated carbocycles. The van der Waals surface area contributed by atoms with Gasteiger partial charge in [-0.05, 0) is 52.7 Å². The molecule has 0 radical (unpaired) electrons. The minimum absolute atomic E-state index is 0.612. The molecule has 0 spiro atoms. The molecule has 1 aromatic heterocycles. The van der Waals surface area contributed by atoms with E-state index in [1.807, 2.05) is 48.6 Å². The average Bonchev–Trinajstić information content (AvgIpc) is 3.02. The molecular weight excluding hydrogens is 286 g/mol. The second kappa shape index (κ2) is 5.61. The largest absolute Gasteiger partial charge is 0.497 e. The van der Waals surface area contributed by atoms with E-state index in [2.05, 4.69) is 29.2 Å². The molecule has 1 heterocycles. The Morgan fingerprint density at radius 1 is 0.913 bits per heavy atom. The number of nitrogens with zero attached hydrogens (tertiary/aromatic N) is 1. The van der Waals surface area contributed by atoms with Crippen LogP contribution in [0.1, 0.15) is 11.5 Å².